The molecule has 1 aromatic heterocycles. The Morgan fingerprint density at radius 3 is 2.30 bits per heavy atom. The molecule has 0 aliphatic rings. The van der Waals surface area contributed by atoms with Gasteiger partial charge in [-0.15, -0.1) is 0 Å². The summed E-state index contributed by atoms with van der Waals surface area (Å²) in [5, 5.41) is 4.47. The first-order valence-electron chi connectivity index (χ1n) is 6.85. The largest absolute Gasteiger partial charge is 0.233 e. The molecule has 0 atom stereocenters. The summed E-state index contributed by atoms with van der Waals surface area (Å²) in [6.07, 6.45) is 1.86. The van der Waals surface area contributed by atoms with Crippen molar-refractivity contribution < 1.29 is 0 Å². The SMILES string of the molecule is Cc1ccc(-c2ccnn2-c2ccccc2)c(C)c1C. The van der Waals surface area contributed by atoms with E-state index >= 15 is 0 Å². The van der Waals surface area contributed by atoms with Crippen LogP contribution >= 0.6 is 0 Å². The Balaban J connectivity index is 2.18. The third kappa shape index (κ3) is 2.03. The highest BCUT2D eigenvalue weighted by Crippen LogP contribution is 2.28. The van der Waals surface area contributed by atoms with E-state index in [-0.39, 0.29) is 0 Å². The van der Waals surface area contributed by atoms with E-state index in [0.717, 1.165) is 11.4 Å². The number of hydrogen-bond donors (Lipinski definition) is 0. The lowest BCUT2D eigenvalue weighted by Gasteiger charge is -2.13. The summed E-state index contributed by atoms with van der Waals surface area (Å²) in [6.45, 7) is 6.51. The Hall–Kier alpha value is -2.35. The summed E-state index contributed by atoms with van der Waals surface area (Å²) in [5.74, 6) is 0. The quantitative estimate of drug-likeness (QED) is 0.666. The summed E-state index contributed by atoms with van der Waals surface area (Å²) >= 11 is 0. The highest BCUT2D eigenvalue weighted by molar-refractivity contribution is 5.67. The number of para-hydroxylation sites is 1. The van der Waals surface area contributed by atoms with Crippen LogP contribution < -0.4 is 0 Å². The van der Waals surface area contributed by atoms with Gasteiger partial charge in [-0.05, 0) is 55.7 Å². The molecule has 100 valence electrons. The van der Waals surface area contributed by atoms with E-state index in [9.17, 15) is 0 Å². The monoisotopic (exact) mass is 262 g/mol. The van der Waals surface area contributed by atoms with E-state index in [2.05, 4.69) is 56.2 Å². The van der Waals surface area contributed by atoms with Crippen LogP contribution in [0.25, 0.3) is 16.9 Å². The fourth-order valence-electron chi connectivity index (χ4n) is 2.52. The second-order valence-electron chi connectivity index (χ2n) is 5.14. The Kier molecular flexibility index (Phi) is 3.15. The Morgan fingerprint density at radius 1 is 0.800 bits per heavy atom. The first kappa shape index (κ1) is 12.7. The van der Waals surface area contributed by atoms with Gasteiger partial charge in [-0.2, -0.15) is 5.10 Å². The van der Waals surface area contributed by atoms with Crippen molar-refractivity contribution in [2.75, 3.05) is 0 Å². The summed E-state index contributed by atoms with van der Waals surface area (Å²) in [4.78, 5) is 0. The molecule has 3 aromatic rings. The highest BCUT2D eigenvalue weighted by Gasteiger charge is 2.11. The molecule has 0 bridgehead atoms. The predicted molar refractivity (Wildman–Crippen MR) is 83.2 cm³/mol. The normalized spacial score (nSPS) is 10.8. The minimum absolute atomic E-state index is 1.09. The van der Waals surface area contributed by atoms with Gasteiger partial charge in [0.2, 0.25) is 0 Å². The molecule has 0 spiro atoms. The number of benzene rings is 2. The van der Waals surface area contributed by atoms with Crippen molar-refractivity contribution in [1.29, 1.82) is 0 Å². The van der Waals surface area contributed by atoms with Gasteiger partial charge in [0.15, 0.2) is 0 Å². The van der Waals surface area contributed by atoms with E-state index < -0.39 is 0 Å². The van der Waals surface area contributed by atoms with Gasteiger partial charge in [0.25, 0.3) is 0 Å². The number of nitrogens with zero attached hydrogens (tertiary/aromatic N) is 2. The number of aromatic nitrogens is 2. The van der Waals surface area contributed by atoms with Crippen molar-refractivity contribution in [2.24, 2.45) is 0 Å². The van der Waals surface area contributed by atoms with Crippen LogP contribution in [0.15, 0.2) is 54.7 Å². The summed E-state index contributed by atoms with van der Waals surface area (Å²) in [6, 6.07) is 16.7. The van der Waals surface area contributed by atoms with Crippen LogP contribution in [-0.2, 0) is 0 Å². The van der Waals surface area contributed by atoms with Crippen LogP contribution in [0, 0.1) is 20.8 Å². The molecule has 0 aliphatic heterocycles. The lowest BCUT2D eigenvalue weighted by molar-refractivity contribution is 0.887. The van der Waals surface area contributed by atoms with Crippen LogP contribution in [0.3, 0.4) is 0 Å². The molecule has 0 saturated carbocycles. The van der Waals surface area contributed by atoms with Gasteiger partial charge in [0.05, 0.1) is 17.6 Å². The second-order valence-corrected chi connectivity index (χ2v) is 5.14. The number of hydrogen-bond acceptors (Lipinski definition) is 1. The minimum Gasteiger partial charge on any atom is -0.233 e. The van der Waals surface area contributed by atoms with Crippen LogP contribution in [0.5, 0.6) is 0 Å². The predicted octanol–water partition coefficient (Wildman–Crippen LogP) is 4.46. The van der Waals surface area contributed by atoms with Crippen molar-refractivity contribution in [3.63, 3.8) is 0 Å². The Bertz CT molecular complexity index is 739. The topological polar surface area (TPSA) is 17.8 Å². The average Bonchev–Trinajstić information content (AvgIpc) is 2.95. The maximum absolute atomic E-state index is 4.47. The lowest BCUT2D eigenvalue weighted by Crippen LogP contribution is -2.00. The van der Waals surface area contributed by atoms with Crippen LogP contribution in [0.1, 0.15) is 16.7 Å². The van der Waals surface area contributed by atoms with E-state index in [1.165, 1.54) is 22.3 Å². The molecule has 0 N–H and O–H groups in total. The summed E-state index contributed by atoms with van der Waals surface area (Å²) in [5.41, 5.74) is 7.47. The van der Waals surface area contributed by atoms with Crippen LogP contribution in [0.2, 0.25) is 0 Å². The third-order valence-electron chi connectivity index (χ3n) is 3.98. The molecule has 0 unspecified atom stereocenters. The smallest absolute Gasteiger partial charge is 0.0743 e. The summed E-state index contributed by atoms with van der Waals surface area (Å²) in [7, 11) is 0. The van der Waals surface area contributed by atoms with E-state index in [1.807, 2.05) is 29.1 Å². The van der Waals surface area contributed by atoms with Gasteiger partial charge < -0.3 is 0 Å². The molecule has 2 aromatic carbocycles. The second kappa shape index (κ2) is 4.97. The number of aryl methyl sites for hydroxylation is 1. The maximum atomic E-state index is 4.47. The van der Waals surface area contributed by atoms with Crippen molar-refractivity contribution >= 4 is 0 Å². The molecule has 0 aliphatic carbocycles. The van der Waals surface area contributed by atoms with Gasteiger partial charge in [0, 0.05) is 5.56 Å². The van der Waals surface area contributed by atoms with E-state index in [0.29, 0.717) is 0 Å². The van der Waals surface area contributed by atoms with Crippen molar-refractivity contribution in [1.82, 2.24) is 9.78 Å². The first-order valence-corrected chi connectivity index (χ1v) is 6.85. The fraction of sp³-hybridized carbons (Fsp3) is 0.167. The molecular formula is C18H18N2. The highest BCUT2D eigenvalue weighted by atomic mass is 15.3. The Labute approximate surface area is 119 Å². The standard InChI is InChI=1S/C18H18N2/c1-13-9-10-17(15(3)14(13)2)18-11-12-19-20(18)16-7-5-4-6-8-16/h4-12H,1-3H3. The number of rotatable bonds is 2. The van der Waals surface area contributed by atoms with E-state index in [1.54, 1.807) is 0 Å². The van der Waals surface area contributed by atoms with Gasteiger partial charge in [-0.25, -0.2) is 4.68 Å². The van der Waals surface area contributed by atoms with Gasteiger partial charge in [0.1, 0.15) is 0 Å². The van der Waals surface area contributed by atoms with Crippen molar-refractivity contribution in [3.05, 3.63) is 71.4 Å². The molecule has 0 fully saturated rings. The molecule has 0 saturated heterocycles. The van der Waals surface area contributed by atoms with Gasteiger partial charge in [-0.3, -0.25) is 0 Å². The van der Waals surface area contributed by atoms with Crippen molar-refractivity contribution in [3.8, 4) is 16.9 Å². The molecule has 1 heterocycles. The van der Waals surface area contributed by atoms with Crippen LogP contribution in [-0.4, -0.2) is 9.78 Å². The molecule has 2 heteroatoms. The molecular weight excluding hydrogens is 244 g/mol. The van der Waals surface area contributed by atoms with E-state index in [4.69, 9.17) is 0 Å². The zero-order valence-electron chi connectivity index (χ0n) is 12.1. The van der Waals surface area contributed by atoms with Gasteiger partial charge >= 0.3 is 0 Å². The first-order chi connectivity index (χ1) is 9.68. The minimum atomic E-state index is 1.09. The van der Waals surface area contributed by atoms with Crippen molar-refractivity contribution in [2.45, 2.75) is 20.8 Å². The maximum Gasteiger partial charge on any atom is 0.0743 e. The molecule has 2 nitrogen and oxygen atoms in total. The zero-order valence-corrected chi connectivity index (χ0v) is 12.1. The zero-order chi connectivity index (χ0) is 14.1. The average molecular weight is 262 g/mol. The summed E-state index contributed by atoms with van der Waals surface area (Å²) < 4.78 is 2.00. The van der Waals surface area contributed by atoms with Crippen LogP contribution in [0.4, 0.5) is 0 Å². The molecule has 0 radical (unpaired) electrons. The molecule has 3 rings (SSSR count). The fourth-order valence-corrected chi connectivity index (χ4v) is 2.52. The molecule has 20 heavy (non-hydrogen) atoms. The third-order valence-corrected chi connectivity index (χ3v) is 3.98. The lowest BCUT2D eigenvalue weighted by atomic mass is 9.97. The molecule has 0 amide bonds. The van der Waals surface area contributed by atoms with Gasteiger partial charge in [-0.1, -0.05) is 30.3 Å². The Morgan fingerprint density at radius 2 is 1.55 bits per heavy atom.